The van der Waals surface area contributed by atoms with Crippen molar-refractivity contribution in [1.29, 1.82) is 5.26 Å². The Bertz CT molecular complexity index is 1210. The van der Waals surface area contributed by atoms with E-state index in [4.69, 9.17) is 28.5 Å². The van der Waals surface area contributed by atoms with Gasteiger partial charge in [0.2, 0.25) is 0 Å². The van der Waals surface area contributed by atoms with E-state index >= 15 is 0 Å². The molecule has 27 heavy (non-hydrogen) atoms. The minimum Gasteiger partial charge on any atom is -0.283 e. The standard InChI is InChI=1S/C17H10Cl2FN5O2/c1-9-14(13-3-2-12(20)15(19)23-13)16(26)25(17(27)24(9)5-4-21)11-6-10(18)7-22-8-11/h2-3,6-8H,5H2,1H3. The van der Waals surface area contributed by atoms with Gasteiger partial charge in [-0.05, 0) is 25.1 Å². The fourth-order valence-electron chi connectivity index (χ4n) is 2.61. The molecule has 136 valence electrons. The molecule has 0 N–H and O–H groups in total. The van der Waals surface area contributed by atoms with Gasteiger partial charge in [0.25, 0.3) is 5.56 Å². The van der Waals surface area contributed by atoms with Crippen molar-refractivity contribution in [2.45, 2.75) is 13.5 Å². The van der Waals surface area contributed by atoms with Crippen LogP contribution in [-0.2, 0) is 6.54 Å². The van der Waals surface area contributed by atoms with Crippen LogP contribution in [-0.4, -0.2) is 19.1 Å². The molecule has 7 nitrogen and oxygen atoms in total. The third kappa shape index (κ3) is 3.35. The van der Waals surface area contributed by atoms with Crippen molar-refractivity contribution in [3.8, 4) is 23.0 Å². The molecule has 0 fully saturated rings. The maximum Gasteiger partial charge on any atom is 0.336 e. The van der Waals surface area contributed by atoms with E-state index < -0.39 is 22.2 Å². The van der Waals surface area contributed by atoms with Crippen LogP contribution < -0.4 is 11.2 Å². The van der Waals surface area contributed by atoms with Gasteiger partial charge in [-0.3, -0.25) is 14.3 Å². The summed E-state index contributed by atoms with van der Waals surface area (Å²) in [4.78, 5) is 33.7. The molecule has 0 radical (unpaired) electrons. The second-order valence-corrected chi connectivity index (χ2v) is 6.25. The topological polar surface area (TPSA) is 93.6 Å². The molecule has 3 aromatic heterocycles. The van der Waals surface area contributed by atoms with Gasteiger partial charge in [-0.15, -0.1) is 0 Å². The van der Waals surface area contributed by atoms with Gasteiger partial charge in [0.05, 0.1) is 34.2 Å². The van der Waals surface area contributed by atoms with Gasteiger partial charge < -0.3 is 0 Å². The molecule has 10 heteroatoms. The lowest BCUT2D eigenvalue weighted by Gasteiger charge is -2.15. The molecule has 0 saturated heterocycles. The van der Waals surface area contributed by atoms with Crippen molar-refractivity contribution < 1.29 is 4.39 Å². The van der Waals surface area contributed by atoms with Crippen LogP contribution in [0.15, 0.2) is 40.2 Å². The van der Waals surface area contributed by atoms with Crippen molar-refractivity contribution >= 4 is 23.2 Å². The van der Waals surface area contributed by atoms with Crippen molar-refractivity contribution in [2.75, 3.05) is 0 Å². The second-order valence-electron chi connectivity index (χ2n) is 5.46. The summed E-state index contributed by atoms with van der Waals surface area (Å²) < 4.78 is 15.4. The van der Waals surface area contributed by atoms with Crippen molar-refractivity contribution in [3.05, 3.63) is 73.1 Å². The largest absolute Gasteiger partial charge is 0.336 e. The predicted molar refractivity (Wildman–Crippen MR) is 97.7 cm³/mol. The normalized spacial score (nSPS) is 10.6. The molecule has 0 aliphatic heterocycles. The van der Waals surface area contributed by atoms with Gasteiger partial charge in [0, 0.05) is 11.9 Å². The molecule has 3 aromatic rings. The van der Waals surface area contributed by atoms with E-state index in [2.05, 4.69) is 9.97 Å². The number of nitriles is 1. The van der Waals surface area contributed by atoms with Crippen LogP contribution in [0.3, 0.4) is 0 Å². The Morgan fingerprint density at radius 3 is 2.63 bits per heavy atom. The highest BCUT2D eigenvalue weighted by Gasteiger charge is 2.20. The first-order valence-electron chi connectivity index (χ1n) is 7.52. The zero-order valence-electron chi connectivity index (χ0n) is 13.8. The average Bonchev–Trinajstić information content (AvgIpc) is 2.62. The maximum absolute atomic E-state index is 13.5. The number of rotatable bonds is 3. The SMILES string of the molecule is Cc1c(-c2ccc(F)c(Cl)n2)c(=O)n(-c2cncc(Cl)c2)c(=O)n1CC#N. The first-order chi connectivity index (χ1) is 12.8. The number of nitrogens with zero attached hydrogens (tertiary/aromatic N) is 5. The quantitative estimate of drug-likeness (QED) is 0.624. The van der Waals surface area contributed by atoms with Crippen molar-refractivity contribution in [1.82, 2.24) is 19.1 Å². The van der Waals surface area contributed by atoms with Gasteiger partial charge in [0.1, 0.15) is 6.54 Å². The second kappa shape index (κ2) is 7.31. The van der Waals surface area contributed by atoms with Crippen molar-refractivity contribution in [2.24, 2.45) is 0 Å². The van der Waals surface area contributed by atoms with Crippen LogP contribution in [0.1, 0.15) is 5.69 Å². The van der Waals surface area contributed by atoms with E-state index in [0.29, 0.717) is 0 Å². The van der Waals surface area contributed by atoms with Gasteiger partial charge >= 0.3 is 5.69 Å². The molecular formula is C17H10Cl2FN5O2. The van der Waals surface area contributed by atoms with Gasteiger partial charge in [0.15, 0.2) is 11.0 Å². The molecular weight excluding hydrogens is 396 g/mol. The number of aromatic nitrogens is 4. The summed E-state index contributed by atoms with van der Waals surface area (Å²) in [6.07, 6.45) is 2.63. The molecule has 0 aliphatic rings. The van der Waals surface area contributed by atoms with Crippen molar-refractivity contribution in [3.63, 3.8) is 0 Å². The van der Waals surface area contributed by atoms with E-state index in [0.717, 1.165) is 15.2 Å². The predicted octanol–water partition coefficient (Wildman–Crippen LogP) is 2.73. The average molecular weight is 406 g/mol. The molecule has 0 saturated carbocycles. The summed E-state index contributed by atoms with van der Waals surface area (Å²) in [5.41, 5.74) is -1.05. The summed E-state index contributed by atoms with van der Waals surface area (Å²) >= 11 is 11.7. The smallest absolute Gasteiger partial charge is 0.283 e. The minimum absolute atomic E-state index is 0.00623. The first kappa shape index (κ1) is 18.8. The molecule has 3 heterocycles. The van der Waals surface area contributed by atoms with E-state index in [-0.39, 0.29) is 34.2 Å². The lowest BCUT2D eigenvalue weighted by atomic mass is 10.1. The van der Waals surface area contributed by atoms with Gasteiger partial charge in [-0.25, -0.2) is 18.7 Å². The monoisotopic (exact) mass is 405 g/mol. The highest BCUT2D eigenvalue weighted by atomic mass is 35.5. The highest BCUT2D eigenvalue weighted by Crippen LogP contribution is 2.21. The van der Waals surface area contributed by atoms with Crippen LogP contribution >= 0.6 is 23.2 Å². The summed E-state index contributed by atoms with van der Waals surface area (Å²) in [6.45, 7) is 1.19. The fourth-order valence-corrected chi connectivity index (χ4v) is 2.93. The van der Waals surface area contributed by atoms with Crippen LogP contribution in [0.5, 0.6) is 0 Å². The molecule has 3 rings (SSSR count). The van der Waals surface area contributed by atoms with Crippen LogP contribution in [0.2, 0.25) is 10.2 Å². The minimum atomic E-state index is -0.747. The number of hydrogen-bond donors (Lipinski definition) is 0. The summed E-state index contributed by atoms with van der Waals surface area (Å²) in [6, 6.07) is 5.60. The summed E-state index contributed by atoms with van der Waals surface area (Å²) in [5, 5.41) is 8.87. The Kier molecular flexibility index (Phi) is 5.08. The summed E-state index contributed by atoms with van der Waals surface area (Å²) in [7, 11) is 0. The van der Waals surface area contributed by atoms with Gasteiger partial charge in [-0.1, -0.05) is 23.2 Å². The van der Waals surface area contributed by atoms with E-state index in [9.17, 15) is 14.0 Å². The summed E-state index contributed by atoms with van der Waals surface area (Å²) in [5.74, 6) is -0.747. The lowest BCUT2D eigenvalue weighted by molar-refractivity contribution is 0.622. The zero-order chi connectivity index (χ0) is 19.7. The molecule has 0 atom stereocenters. The Morgan fingerprint density at radius 2 is 2.00 bits per heavy atom. The Morgan fingerprint density at radius 1 is 1.26 bits per heavy atom. The van der Waals surface area contributed by atoms with Crippen LogP contribution in [0, 0.1) is 24.1 Å². The molecule has 0 unspecified atom stereocenters. The maximum atomic E-state index is 13.5. The zero-order valence-corrected chi connectivity index (χ0v) is 15.3. The van der Waals surface area contributed by atoms with E-state index in [1.54, 1.807) is 0 Å². The molecule has 0 aromatic carbocycles. The first-order valence-corrected chi connectivity index (χ1v) is 8.27. The lowest BCUT2D eigenvalue weighted by Crippen LogP contribution is -2.41. The Labute approximate surface area is 161 Å². The van der Waals surface area contributed by atoms with Crippen LogP contribution in [0.25, 0.3) is 16.9 Å². The third-order valence-electron chi connectivity index (χ3n) is 3.84. The highest BCUT2D eigenvalue weighted by molar-refractivity contribution is 6.30. The molecule has 0 spiro atoms. The fraction of sp³-hybridized carbons (Fsp3) is 0.118. The van der Waals surface area contributed by atoms with E-state index in [1.165, 1.54) is 31.5 Å². The molecule has 0 aliphatic carbocycles. The molecule has 0 bridgehead atoms. The number of halogens is 3. The molecule has 0 amide bonds. The number of hydrogen-bond acceptors (Lipinski definition) is 5. The third-order valence-corrected chi connectivity index (χ3v) is 4.31. The van der Waals surface area contributed by atoms with Gasteiger partial charge in [-0.2, -0.15) is 5.26 Å². The van der Waals surface area contributed by atoms with Crippen LogP contribution in [0.4, 0.5) is 4.39 Å². The Hall–Kier alpha value is -3.02. The van der Waals surface area contributed by atoms with E-state index in [1.807, 2.05) is 6.07 Å². The Balaban J connectivity index is 2.44. The number of pyridine rings is 2.